The van der Waals surface area contributed by atoms with Crippen molar-refractivity contribution in [2.24, 2.45) is 0 Å². The van der Waals surface area contributed by atoms with Crippen LogP contribution < -0.4 is 4.72 Å². The Bertz CT molecular complexity index is 188. The first-order valence-corrected chi connectivity index (χ1v) is 3.38. The van der Waals surface area contributed by atoms with E-state index in [1.165, 1.54) is 4.72 Å². The van der Waals surface area contributed by atoms with E-state index in [9.17, 15) is 13.8 Å². The molecule has 0 spiro atoms. The molecule has 8 heteroatoms. The Morgan fingerprint density at radius 2 is 1.64 bits per heavy atom. The Hall–Kier alpha value is -0.990. The maximum atomic E-state index is 9.99. The fourth-order valence-corrected chi connectivity index (χ4v) is 0.711. The Kier molecular flexibility index (Phi) is 3.65. The Morgan fingerprint density at radius 1 is 1.27 bits per heavy atom. The molecule has 1 unspecified atom stereocenters. The second-order valence-electron chi connectivity index (χ2n) is 1.48. The summed E-state index contributed by atoms with van der Waals surface area (Å²) >= 11 is -2.65. The van der Waals surface area contributed by atoms with Crippen LogP contribution in [0.1, 0.15) is 0 Å². The molecule has 0 aromatic heterocycles. The van der Waals surface area contributed by atoms with Crippen LogP contribution in [0.3, 0.4) is 0 Å². The van der Waals surface area contributed by atoms with Gasteiger partial charge in [0.2, 0.25) is 17.3 Å². The van der Waals surface area contributed by atoms with Crippen molar-refractivity contribution in [2.45, 2.75) is 6.04 Å². The summed E-state index contributed by atoms with van der Waals surface area (Å²) in [4.78, 5) is 20.0. The number of carboxylic acids is 2. The molecular weight excluding hydrogens is 178 g/mol. The van der Waals surface area contributed by atoms with E-state index in [4.69, 9.17) is 14.8 Å². The zero-order valence-corrected chi connectivity index (χ0v) is 5.87. The van der Waals surface area contributed by atoms with Crippen LogP contribution in [0.2, 0.25) is 0 Å². The molecule has 0 bridgehead atoms. The summed E-state index contributed by atoms with van der Waals surface area (Å²) in [5, 5.41) is 16.2. The van der Waals surface area contributed by atoms with Crippen LogP contribution in [0.25, 0.3) is 0 Å². The predicted octanol–water partition coefficient (Wildman–Crippen LogP) is -1.75. The topological polar surface area (TPSA) is 124 Å². The number of aliphatic carboxylic acids is 2. The molecular formula is C3H5NO6S. The highest BCUT2D eigenvalue weighted by Gasteiger charge is 2.26. The van der Waals surface area contributed by atoms with Gasteiger partial charge in [-0.1, -0.05) is 0 Å². The van der Waals surface area contributed by atoms with E-state index in [2.05, 4.69) is 0 Å². The lowest BCUT2D eigenvalue weighted by molar-refractivity contribution is -0.150. The average molecular weight is 183 g/mol. The molecule has 0 radical (unpaired) electrons. The van der Waals surface area contributed by atoms with E-state index in [-0.39, 0.29) is 0 Å². The Morgan fingerprint density at radius 3 is 1.73 bits per heavy atom. The number of hydrogen-bond donors (Lipinski definition) is 4. The maximum Gasteiger partial charge on any atom is 0.333 e. The summed E-state index contributed by atoms with van der Waals surface area (Å²) < 4.78 is 19.4. The molecule has 11 heavy (non-hydrogen) atoms. The average Bonchev–Trinajstić information content (AvgIpc) is 1.81. The summed E-state index contributed by atoms with van der Waals surface area (Å²) in [6, 6.07) is -2.05. The number of carbonyl (C=O) groups is 2. The van der Waals surface area contributed by atoms with E-state index >= 15 is 0 Å². The number of rotatable bonds is 4. The lowest BCUT2D eigenvalue weighted by atomic mass is 10.3. The monoisotopic (exact) mass is 183 g/mol. The van der Waals surface area contributed by atoms with Crippen molar-refractivity contribution >= 4 is 23.2 Å². The molecule has 7 nitrogen and oxygen atoms in total. The SMILES string of the molecule is O=C(O)C(NS(=O)O)C(=O)O. The highest BCUT2D eigenvalue weighted by Crippen LogP contribution is 1.84. The zero-order chi connectivity index (χ0) is 9.02. The van der Waals surface area contributed by atoms with Gasteiger partial charge >= 0.3 is 11.9 Å². The van der Waals surface area contributed by atoms with Crippen molar-refractivity contribution in [3.8, 4) is 0 Å². The van der Waals surface area contributed by atoms with Crippen LogP contribution in [0.15, 0.2) is 0 Å². The van der Waals surface area contributed by atoms with Crippen molar-refractivity contribution in [1.82, 2.24) is 4.72 Å². The third kappa shape index (κ3) is 3.65. The normalized spacial score (nSPS) is 12.9. The lowest BCUT2D eigenvalue weighted by Crippen LogP contribution is -2.43. The van der Waals surface area contributed by atoms with Crippen LogP contribution in [0.5, 0.6) is 0 Å². The maximum absolute atomic E-state index is 9.99. The standard InChI is InChI=1S/C3H5NO6S/c5-2(6)1(3(7)8)4-11(9)10/h1,4H,(H,5,6)(H,7,8)(H,9,10). The van der Waals surface area contributed by atoms with Crippen molar-refractivity contribution in [3.63, 3.8) is 0 Å². The summed E-state index contributed by atoms with van der Waals surface area (Å²) in [6.07, 6.45) is 0. The molecule has 1 atom stereocenters. The van der Waals surface area contributed by atoms with Gasteiger partial charge in [0, 0.05) is 0 Å². The first kappa shape index (κ1) is 10.0. The van der Waals surface area contributed by atoms with Gasteiger partial charge in [0.1, 0.15) is 0 Å². The second-order valence-corrected chi connectivity index (χ2v) is 2.21. The van der Waals surface area contributed by atoms with Gasteiger partial charge in [-0.25, -0.2) is 13.8 Å². The van der Waals surface area contributed by atoms with Crippen LogP contribution in [0, 0.1) is 0 Å². The van der Waals surface area contributed by atoms with Crippen molar-refractivity contribution in [3.05, 3.63) is 0 Å². The van der Waals surface area contributed by atoms with Crippen molar-refractivity contribution in [2.75, 3.05) is 0 Å². The molecule has 0 fully saturated rings. The molecule has 4 N–H and O–H groups in total. The molecule has 0 aliphatic carbocycles. The third-order valence-corrected chi connectivity index (χ3v) is 1.15. The Balaban J connectivity index is 4.23. The highest BCUT2D eigenvalue weighted by molar-refractivity contribution is 7.77. The van der Waals surface area contributed by atoms with Crippen LogP contribution in [-0.2, 0) is 20.9 Å². The predicted molar refractivity (Wildman–Crippen MR) is 33.0 cm³/mol. The minimum atomic E-state index is -2.65. The van der Waals surface area contributed by atoms with Gasteiger partial charge in [0.05, 0.1) is 0 Å². The van der Waals surface area contributed by atoms with Crippen LogP contribution >= 0.6 is 0 Å². The third-order valence-electron chi connectivity index (χ3n) is 0.713. The summed E-state index contributed by atoms with van der Waals surface area (Å²) in [7, 11) is 0. The fraction of sp³-hybridized carbons (Fsp3) is 0.333. The minimum Gasteiger partial charge on any atom is -0.480 e. The first-order chi connectivity index (χ1) is 4.95. The fourth-order valence-electron chi connectivity index (χ4n) is 0.307. The summed E-state index contributed by atoms with van der Waals surface area (Å²) in [5.74, 6) is -3.44. The van der Waals surface area contributed by atoms with Crippen molar-refractivity contribution in [1.29, 1.82) is 0 Å². The zero-order valence-electron chi connectivity index (χ0n) is 5.05. The van der Waals surface area contributed by atoms with Gasteiger partial charge < -0.3 is 10.2 Å². The molecule has 0 saturated carbocycles. The van der Waals surface area contributed by atoms with Gasteiger partial charge in [-0.2, -0.15) is 4.72 Å². The molecule has 0 heterocycles. The number of nitrogens with one attached hydrogen (secondary N) is 1. The minimum absolute atomic E-state index is 1.41. The van der Waals surface area contributed by atoms with Crippen molar-refractivity contribution < 1.29 is 28.6 Å². The molecule has 0 aliphatic heterocycles. The van der Waals surface area contributed by atoms with Gasteiger partial charge in [-0.05, 0) is 0 Å². The van der Waals surface area contributed by atoms with E-state index < -0.39 is 29.2 Å². The van der Waals surface area contributed by atoms with Gasteiger partial charge in [0.25, 0.3) is 0 Å². The molecule has 64 valence electrons. The highest BCUT2D eigenvalue weighted by atomic mass is 32.2. The van der Waals surface area contributed by atoms with E-state index in [1.807, 2.05) is 0 Å². The van der Waals surface area contributed by atoms with Crippen LogP contribution in [0.4, 0.5) is 0 Å². The lowest BCUT2D eigenvalue weighted by Gasteiger charge is -2.04. The van der Waals surface area contributed by atoms with Gasteiger partial charge in [-0.15, -0.1) is 0 Å². The van der Waals surface area contributed by atoms with E-state index in [1.54, 1.807) is 0 Å². The molecule has 0 aliphatic rings. The molecule has 0 aromatic rings. The number of carboxylic acid groups (broad SMARTS) is 2. The van der Waals surface area contributed by atoms with Gasteiger partial charge in [0.15, 0.2) is 0 Å². The first-order valence-electron chi connectivity index (χ1n) is 2.27. The molecule has 0 rings (SSSR count). The smallest absolute Gasteiger partial charge is 0.333 e. The molecule has 0 aromatic carbocycles. The van der Waals surface area contributed by atoms with E-state index in [0.29, 0.717) is 0 Å². The number of hydrogen-bond acceptors (Lipinski definition) is 3. The largest absolute Gasteiger partial charge is 0.480 e. The molecule has 0 saturated heterocycles. The van der Waals surface area contributed by atoms with Gasteiger partial charge in [-0.3, -0.25) is 4.55 Å². The van der Waals surface area contributed by atoms with E-state index in [0.717, 1.165) is 0 Å². The second kappa shape index (κ2) is 4.01. The quantitative estimate of drug-likeness (QED) is 0.302. The Labute approximate surface area is 63.4 Å². The van der Waals surface area contributed by atoms with Crippen LogP contribution in [-0.4, -0.2) is 37.0 Å². The molecule has 0 amide bonds. The summed E-state index contributed by atoms with van der Waals surface area (Å²) in [6.45, 7) is 0. The summed E-state index contributed by atoms with van der Waals surface area (Å²) in [5.41, 5.74) is 0.